The lowest BCUT2D eigenvalue weighted by molar-refractivity contribution is 0.102. The van der Waals surface area contributed by atoms with Crippen molar-refractivity contribution in [1.82, 2.24) is 4.98 Å². The molecule has 0 fully saturated rings. The Bertz CT molecular complexity index is 775. The summed E-state index contributed by atoms with van der Waals surface area (Å²) < 4.78 is 10.6. The fourth-order valence-corrected chi connectivity index (χ4v) is 2.25. The molecule has 3 rings (SSSR count). The van der Waals surface area contributed by atoms with Crippen molar-refractivity contribution in [2.45, 2.75) is 13.5 Å². The maximum Gasteiger partial charge on any atom is 0.272 e. The van der Waals surface area contributed by atoms with E-state index >= 15 is 0 Å². The molecule has 22 heavy (non-hydrogen) atoms. The monoisotopic (exact) mass is 300 g/mol. The first kappa shape index (κ1) is 14.2. The Morgan fingerprint density at radius 1 is 1.36 bits per heavy atom. The van der Waals surface area contributed by atoms with Gasteiger partial charge in [0.15, 0.2) is 5.58 Å². The van der Waals surface area contributed by atoms with E-state index in [4.69, 9.17) is 9.15 Å². The Kier molecular flexibility index (Phi) is 3.84. The number of carbonyl (C=O) groups excluding carboxylic acids is 1. The lowest BCUT2D eigenvalue weighted by Crippen LogP contribution is -2.12. The third-order valence-corrected chi connectivity index (χ3v) is 3.27. The predicted octanol–water partition coefficient (Wildman–Crippen LogP) is 2.90. The van der Waals surface area contributed by atoms with Crippen LogP contribution in [0.1, 0.15) is 23.0 Å². The van der Waals surface area contributed by atoms with Crippen LogP contribution >= 0.6 is 0 Å². The first-order valence-electron chi connectivity index (χ1n) is 6.95. The highest BCUT2D eigenvalue weighted by atomic mass is 16.5. The zero-order chi connectivity index (χ0) is 15.5. The zero-order valence-electron chi connectivity index (χ0n) is 12.1. The molecule has 0 spiro atoms. The number of hydrogen-bond acceptors (Lipinski definition) is 4. The van der Waals surface area contributed by atoms with E-state index in [2.05, 4.69) is 10.3 Å². The number of aromatic nitrogens is 1. The van der Waals surface area contributed by atoms with Crippen molar-refractivity contribution in [3.63, 3.8) is 0 Å². The molecular formula is C16H16N2O4. The van der Waals surface area contributed by atoms with Crippen LogP contribution in [0.15, 0.2) is 41.0 Å². The third-order valence-electron chi connectivity index (χ3n) is 3.27. The lowest BCUT2D eigenvalue weighted by Gasteiger charge is -2.11. The van der Waals surface area contributed by atoms with Gasteiger partial charge in [0.2, 0.25) is 0 Å². The van der Waals surface area contributed by atoms with Crippen molar-refractivity contribution < 1.29 is 19.1 Å². The number of rotatable bonds is 5. The number of furan rings is 1. The van der Waals surface area contributed by atoms with Crippen molar-refractivity contribution >= 4 is 22.7 Å². The van der Waals surface area contributed by atoms with Crippen LogP contribution in [0, 0.1) is 0 Å². The van der Waals surface area contributed by atoms with Crippen LogP contribution in [-0.4, -0.2) is 22.6 Å². The van der Waals surface area contributed by atoms with Gasteiger partial charge in [-0.2, -0.15) is 0 Å². The topological polar surface area (TPSA) is 87.5 Å². The second-order valence-corrected chi connectivity index (χ2v) is 4.75. The first-order valence-corrected chi connectivity index (χ1v) is 6.95. The van der Waals surface area contributed by atoms with Crippen molar-refractivity contribution in [2.75, 3.05) is 11.9 Å². The van der Waals surface area contributed by atoms with Crippen molar-refractivity contribution in [3.8, 4) is 5.75 Å². The van der Waals surface area contributed by atoms with Crippen LogP contribution in [0.2, 0.25) is 0 Å². The molecule has 0 aliphatic heterocycles. The summed E-state index contributed by atoms with van der Waals surface area (Å²) in [6.07, 6.45) is 1.56. The minimum absolute atomic E-state index is 0.158. The fourth-order valence-electron chi connectivity index (χ4n) is 2.25. The van der Waals surface area contributed by atoms with E-state index in [1.54, 1.807) is 36.6 Å². The van der Waals surface area contributed by atoms with Crippen LogP contribution in [0.25, 0.3) is 11.1 Å². The Morgan fingerprint density at radius 3 is 2.95 bits per heavy atom. The minimum atomic E-state index is -0.278. The zero-order valence-corrected chi connectivity index (χ0v) is 12.1. The number of hydrogen-bond donors (Lipinski definition) is 3. The van der Waals surface area contributed by atoms with Crippen molar-refractivity contribution in [2.24, 2.45) is 0 Å². The standard InChI is InChI=1S/C16H16N2O4/c1-2-21-14-4-3-11(7-10(14)9-19)17-16(20)13-8-15-12(18-13)5-6-22-15/h3-8,18-19H,2,9H2,1H3,(H,17,20). The van der Waals surface area contributed by atoms with Gasteiger partial charge in [-0.3, -0.25) is 4.79 Å². The average molecular weight is 300 g/mol. The van der Waals surface area contributed by atoms with Crippen molar-refractivity contribution in [3.05, 3.63) is 47.9 Å². The summed E-state index contributed by atoms with van der Waals surface area (Å²) >= 11 is 0. The Hall–Kier alpha value is -2.73. The number of amides is 1. The van der Waals surface area contributed by atoms with E-state index in [1.807, 2.05) is 6.92 Å². The maximum atomic E-state index is 12.2. The molecule has 1 amide bonds. The Morgan fingerprint density at radius 2 is 2.23 bits per heavy atom. The first-order chi connectivity index (χ1) is 10.7. The summed E-state index contributed by atoms with van der Waals surface area (Å²) in [5.74, 6) is 0.333. The molecule has 0 radical (unpaired) electrons. The van der Waals surface area contributed by atoms with Crippen molar-refractivity contribution in [1.29, 1.82) is 0 Å². The number of aliphatic hydroxyl groups excluding tert-OH is 1. The number of aliphatic hydroxyl groups is 1. The smallest absolute Gasteiger partial charge is 0.272 e. The van der Waals surface area contributed by atoms with Gasteiger partial charge in [0.05, 0.1) is 25.0 Å². The van der Waals surface area contributed by atoms with Gasteiger partial charge < -0.3 is 24.6 Å². The molecular weight excluding hydrogens is 284 g/mol. The van der Waals surface area contributed by atoms with Crippen LogP contribution in [-0.2, 0) is 6.61 Å². The Balaban J connectivity index is 1.79. The molecule has 3 aromatic rings. The normalized spacial score (nSPS) is 10.8. The Labute approximate surface area is 126 Å². The van der Waals surface area contributed by atoms with Crippen LogP contribution in [0.3, 0.4) is 0 Å². The summed E-state index contributed by atoms with van der Waals surface area (Å²) in [5.41, 5.74) is 3.03. The van der Waals surface area contributed by atoms with E-state index in [1.165, 1.54) is 0 Å². The number of aromatic amines is 1. The van der Waals surface area contributed by atoms with Gasteiger partial charge in [-0.25, -0.2) is 0 Å². The average Bonchev–Trinajstić information content (AvgIpc) is 3.10. The number of fused-ring (bicyclic) bond motifs is 1. The van der Waals surface area contributed by atoms with E-state index in [-0.39, 0.29) is 12.5 Å². The van der Waals surface area contributed by atoms with Gasteiger partial charge in [0, 0.05) is 23.4 Å². The van der Waals surface area contributed by atoms with Gasteiger partial charge in [-0.1, -0.05) is 0 Å². The molecule has 6 nitrogen and oxygen atoms in total. The molecule has 2 aromatic heterocycles. The fraction of sp³-hybridized carbons (Fsp3) is 0.188. The number of carbonyl (C=O) groups is 1. The van der Waals surface area contributed by atoms with Gasteiger partial charge >= 0.3 is 0 Å². The third kappa shape index (κ3) is 2.68. The van der Waals surface area contributed by atoms with E-state index in [0.29, 0.717) is 34.9 Å². The molecule has 114 valence electrons. The number of benzene rings is 1. The quantitative estimate of drug-likeness (QED) is 0.676. The predicted molar refractivity (Wildman–Crippen MR) is 82.1 cm³/mol. The molecule has 0 atom stereocenters. The summed E-state index contributed by atoms with van der Waals surface area (Å²) in [4.78, 5) is 15.2. The molecule has 2 heterocycles. The van der Waals surface area contributed by atoms with E-state index < -0.39 is 0 Å². The molecule has 0 aliphatic rings. The molecule has 3 N–H and O–H groups in total. The molecule has 0 aliphatic carbocycles. The summed E-state index contributed by atoms with van der Waals surface area (Å²) in [6.45, 7) is 2.23. The highest BCUT2D eigenvalue weighted by Crippen LogP contribution is 2.24. The molecule has 0 bridgehead atoms. The van der Waals surface area contributed by atoms with Gasteiger partial charge in [0.1, 0.15) is 11.4 Å². The molecule has 0 saturated carbocycles. The van der Waals surface area contributed by atoms with E-state index in [0.717, 1.165) is 5.52 Å². The number of ether oxygens (including phenoxy) is 1. The van der Waals surface area contributed by atoms with E-state index in [9.17, 15) is 9.90 Å². The summed E-state index contributed by atoms with van der Waals surface area (Å²) in [6, 6.07) is 8.55. The maximum absolute atomic E-state index is 12.2. The molecule has 0 saturated heterocycles. The molecule has 6 heteroatoms. The molecule has 0 unspecified atom stereocenters. The summed E-state index contributed by atoms with van der Waals surface area (Å²) in [7, 11) is 0. The number of nitrogens with one attached hydrogen (secondary N) is 2. The number of anilines is 1. The highest BCUT2D eigenvalue weighted by Gasteiger charge is 2.12. The SMILES string of the molecule is CCOc1ccc(NC(=O)c2cc3occc3[nH]2)cc1CO. The molecule has 1 aromatic carbocycles. The van der Waals surface area contributed by atoms with Gasteiger partial charge in [-0.15, -0.1) is 0 Å². The van der Waals surface area contributed by atoms with Crippen LogP contribution in [0.4, 0.5) is 5.69 Å². The summed E-state index contributed by atoms with van der Waals surface area (Å²) in [5, 5.41) is 12.2. The van der Waals surface area contributed by atoms with Gasteiger partial charge in [0.25, 0.3) is 5.91 Å². The largest absolute Gasteiger partial charge is 0.494 e. The van der Waals surface area contributed by atoms with Gasteiger partial charge in [-0.05, 0) is 25.1 Å². The van der Waals surface area contributed by atoms with Crippen LogP contribution < -0.4 is 10.1 Å². The number of H-pyrrole nitrogens is 1. The lowest BCUT2D eigenvalue weighted by atomic mass is 10.2. The second-order valence-electron chi connectivity index (χ2n) is 4.75. The van der Waals surface area contributed by atoms with Crippen LogP contribution in [0.5, 0.6) is 5.75 Å². The minimum Gasteiger partial charge on any atom is -0.494 e. The second kappa shape index (κ2) is 5.95. The highest BCUT2D eigenvalue weighted by molar-refractivity contribution is 6.05.